The van der Waals surface area contributed by atoms with Crippen molar-refractivity contribution in [1.29, 1.82) is 0 Å². The minimum Gasteiger partial charge on any atom is -0.369 e. The molecule has 26 heavy (non-hydrogen) atoms. The predicted octanol–water partition coefficient (Wildman–Crippen LogP) is 2.83. The normalized spacial score (nSPS) is 16.0. The standard InChI is InChI=1S/C19H24ClN3O2S/c20-17-6-4-9-19(16-17)26(24,25)21-10-5-11-22-12-14-23(15-13-22)18-7-2-1-3-8-18/h1-4,6-9,16,21H,5,10-15H2. The molecule has 0 aliphatic carbocycles. The monoisotopic (exact) mass is 393 g/mol. The molecule has 3 rings (SSSR count). The zero-order valence-corrected chi connectivity index (χ0v) is 16.2. The van der Waals surface area contributed by atoms with Crippen LogP contribution in [0.2, 0.25) is 5.02 Å². The van der Waals surface area contributed by atoms with Crippen LogP contribution >= 0.6 is 11.6 Å². The minimum atomic E-state index is -3.49. The van der Waals surface area contributed by atoms with E-state index in [-0.39, 0.29) is 4.90 Å². The van der Waals surface area contributed by atoms with Crippen molar-refractivity contribution in [3.8, 4) is 0 Å². The van der Waals surface area contributed by atoms with Crippen molar-refractivity contribution in [2.75, 3.05) is 44.2 Å². The zero-order chi connectivity index (χ0) is 18.4. The summed E-state index contributed by atoms with van der Waals surface area (Å²) >= 11 is 5.87. The van der Waals surface area contributed by atoms with Gasteiger partial charge >= 0.3 is 0 Å². The average Bonchev–Trinajstić information content (AvgIpc) is 2.66. The van der Waals surface area contributed by atoms with Gasteiger partial charge in [-0.3, -0.25) is 4.90 Å². The summed E-state index contributed by atoms with van der Waals surface area (Å²) in [5.74, 6) is 0. The van der Waals surface area contributed by atoms with E-state index in [0.29, 0.717) is 11.6 Å². The van der Waals surface area contributed by atoms with E-state index >= 15 is 0 Å². The van der Waals surface area contributed by atoms with E-state index in [1.54, 1.807) is 18.2 Å². The van der Waals surface area contributed by atoms with Gasteiger partial charge in [0.2, 0.25) is 10.0 Å². The molecule has 5 nitrogen and oxygen atoms in total. The molecule has 1 saturated heterocycles. The third-order valence-electron chi connectivity index (χ3n) is 4.54. The van der Waals surface area contributed by atoms with Gasteiger partial charge in [-0.25, -0.2) is 13.1 Å². The summed E-state index contributed by atoms with van der Waals surface area (Å²) in [6, 6.07) is 16.8. The third-order valence-corrected chi connectivity index (χ3v) is 6.24. The van der Waals surface area contributed by atoms with Gasteiger partial charge < -0.3 is 4.90 Å². The molecule has 140 valence electrons. The van der Waals surface area contributed by atoms with Gasteiger partial charge in [0.05, 0.1) is 4.90 Å². The topological polar surface area (TPSA) is 52.7 Å². The lowest BCUT2D eigenvalue weighted by Gasteiger charge is -2.36. The Hall–Kier alpha value is -1.60. The summed E-state index contributed by atoms with van der Waals surface area (Å²) in [4.78, 5) is 4.98. The van der Waals surface area contributed by atoms with Gasteiger partial charge in [-0.05, 0) is 43.3 Å². The zero-order valence-electron chi connectivity index (χ0n) is 14.6. The lowest BCUT2D eigenvalue weighted by atomic mass is 10.2. The molecule has 0 atom stereocenters. The summed E-state index contributed by atoms with van der Waals surface area (Å²) < 4.78 is 27.1. The SMILES string of the molecule is O=S(=O)(NCCCN1CCN(c2ccccc2)CC1)c1cccc(Cl)c1. The largest absolute Gasteiger partial charge is 0.369 e. The number of anilines is 1. The molecule has 0 spiro atoms. The van der Waals surface area contributed by atoms with Crippen molar-refractivity contribution in [3.05, 3.63) is 59.6 Å². The first-order chi connectivity index (χ1) is 12.5. The van der Waals surface area contributed by atoms with E-state index < -0.39 is 10.0 Å². The van der Waals surface area contributed by atoms with Gasteiger partial charge in [-0.1, -0.05) is 35.9 Å². The molecular weight excluding hydrogens is 370 g/mol. The number of hydrogen-bond donors (Lipinski definition) is 1. The van der Waals surface area contributed by atoms with E-state index in [9.17, 15) is 8.42 Å². The van der Waals surface area contributed by atoms with Crippen LogP contribution in [0.25, 0.3) is 0 Å². The van der Waals surface area contributed by atoms with Gasteiger partial charge in [0.25, 0.3) is 0 Å². The smallest absolute Gasteiger partial charge is 0.240 e. The number of nitrogens with zero attached hydrogens (tertiary/aromatic N) is 2. The second kappa shape index (κ2) is 8.86. The Morgan fingerprint density at radius 3 is 2.38 bits per heavy atom. The molecule has 2 aromatic rings. The number of sulfonamides is 1. The van der Waals surface area contributed by atoms with Crippen LogP contribution in [-0.2, 0) is 10.0 Å². The summed E-state index contributed by atoms with van der Waals surface area (Å²) in [5, 5.41) is 0.421. The molecule has 0 radical (unpaired) electrons. The fourth-order valence-corrected chi connectivity index (χ4v) is 4.47. The maximum Gasteiger partial charge on any atom is 0.240 e. The first kappa shape index (κ1) is 19.2. The van der Waals surface area contributed by atoms with E-state index in [0.717, 1.165) is 39.1 Å². The highest BCUT2D eigenvalue weighted by molar-refractivity contribution is 7.89. The van der Waals surface area contributed by atoms with Gasteiger partial charge in [0.15, 0.2) is 0 Å². The van der Waals surface area contributed by atoms with Crippen LogP contribution in [0.3, 0.4) is 0 Å². The molecule has 0 saturated carbocycles. The van der Waals surface area contributed by atoms with E-state index in [1.807, 2.05) is 6.07 Å². The van der Waals surface area contributed by atoms with Gasteiger partial charge in [0, 0.05) is 43.4 Å². The number of hydrogen-bond acceptors (Lipinski definition) is 4. The Morgan fingerprint density at radius 1 is 0.962 bits per heavy atom. The number of halogens is 1. The highest BCUT2D eigenvalue weighted by Crippen LogP contribution is 2.16. The van der Waals surface area contributed by atoms with Crippen molar-refractivity contribution in [3.63, 3.8) is 0 Å². The summed E-state index contributed by atoms with van der Waals surface area (Å²) in [5.41, 5.74) is 1.27. The number of piperazine rings is 1. The van der Waals surface area contributed by atoms with Crippen LogP contribution in [0.15, 0.2) is 59.5 Å². The molecule has 7 heteroatoms. The van der Waals surface area contributed by atoms with E-state index in [4.69, 9.17) is 11.6 Å². The highest BCUT2D eigenvalue weighted by Gasteiger charge is 2.17. The van der Waals surface area contributed by atoms with Crippen LogP contribution in [0.5, 0.6) is 0 Å². The van der Waals surface area contributed by atoms with Crippen LogP contribution in [0.1, 0.15) is 6.42 Å². The van der Waals surface area contributed by atoms with Crippen molar-refractivity contribution < 1.29 is 8.42 Å². The van der Waals surface area contributed by atoms with Crippen LogP contribution < -0.4 is 9.62 Å². The first-order valence-electron chi connectivity index (χ1n) is 8.82. The first-order valence-corrected chi connectivity index (χ1v) is 10.7. The minimum absolute atomic E-state index is 0.210. The van der Waals surface area contributed by atoms with Crippen molar-refractivity contribution in [1.82, 2.24) is 9.62 Å². The molecule has 1 heterocycles. The molecule has 0 aromatic heterocycles. The fourth-order valence-electron chi connectivity index (χ4n) is 3.10. The van der Waals surface area contributed by atoms with Crippen LogP contribution in [-0.4, -0.2) is 52.6 Å². The number of rotatable bonds is 7. The molecule has 2 aromatic carbocycles. The Morgan fingerprint density at radius 2 is 1.69 bits per heavy atom. The lowest BCUT2D eigenvalue weighted by molar-refractivity contribution is 0.255. The second-order valence-corrected chi connectivity index (χ2v) is 8.58. The van der Waals surface area contributed by atoms with Crippen molar-refractivity contribution in [2.24, 2.45) is 0 Å². The Bertz CT molecular complexity index is 807. The van der Waals surface area contributed by atoms with Crippen molar-refractivity contribution in [2.45, 2.75) is 11.3 Å². The van der Waals surface area contributed by atoms with E-state index in [1.165, 1.54) is 11.8 Å². The second-order valence-electron chi connectivity index (χ2n) is 6.37. The summed E-state index contributed by atoms with van der Waals surface area (Å²) in [6.45, 7) is 5.30. The Labute approximate surface area is 160 Å². The van der Waals surface area contributed by atoms with Crippen molar-refractivity contribution >= 4 is 27.3 Å². The molecule has 1 N–H and O–H groups in total. The highest BCUT2D eigenvalue weighted by atomic mass is 35.5. The molecule has 0 bridgehead atoms. The summed E-state index contributed by atoms with van der Waals surface area (Å²) in [7, 11) is -3.49. The number of para-hydroxylation sites is 1. The number of nitrogens with one attached hydrogen (secondary N) is 1. The third kappa shape index (κ3) is 5.20. The molecule has 1 aliphatic heterocycles. The van der Waals surface area contributed by atoms with Crippen LogP contribution in [0, 0.1) is 0 Å². The molecule has 0 unspecified atom stereocenters. The van der Waals surface area contributed by atoms with Gasteiger partial charge in [-0.2, -0.15) is 0 Å². The molecule has 1 fully saturated rings. The fraction of sp³-hybridized carbons (Fsp3) is 0.368. The molecule has 0 amide bonds. The molecule has 1 aliphatic rings. The molecular formula is C19H24ClN3O2S. The maximum absolute atomic E-state index is 12.2. The quantitative estimate of drug-likeness (QED) is 0.735. The maximum atomic E-state index is 12.2. The average molecular weight is 394 g/mol. The predicted molar refractivity (Wildman–Crippen MR) is 106 cm³/mol. The van der Waals surface area contributed by atoms with Gasteiger partial charge in [0.1, 0.15) is 0 Å². The van der Waals surface area contributed by atoms with E-state index in [2.05, 4.69) is 38.8 Å². The Kier molecular flexibility index (Phi) is 6.53. The Balaban J connectivity index is 1.39. The summed E-state index contributed by atoms with van der Waals surface area (Å²) in [6.07, 6.45) is 0.783. The van der Waals surface area contributed by atoms with Gasteiger partial charge in [-0.15, -0.1) is 0 Å². The number of benzene rings is 2. The van der Waals surface area contributed by atoms with Crippen LogP contribution in [0.4, 0.5) is 5.69 Å². The lowest BCUT2D eigenvalue weighted by Crippen LogP contribution is -2.47.